The molecule has 1 aliphatic heterocycles. The van der Waals surface area contributed by atoms with Crippen LogP contribution >= 0.6 is 0 Å². The fourth-order valence-corrected chi connectivity index (χ4v) is 4.43. The maximum Gasteiger partial charge on any atom is 0.254 e. The minimum absolute atomic E-state index is 0.0319. The number of piperazine rings is 1. The third-order valence-electron chi connectivity index (χ3n) is 6.75. The normalized spacial score (nSPS) is 14.2. The Morgan fingerprint density at radius 2 is 1.72 bits per heavy atom. The van der Waals surface area contributed by atoms with Crippen molar-refractivity contribution in [2.45, 2.75) is 39.5 Å². The standard InChI is InChI=1S/C30H41N3O3/c1-4-5-6-13-29(34)32-22-19-31(20-23-32)21-24-33(30(35)27-16-14-25(2)15-17-27)18-9-11-26-10-7-8-12-28(26)36-3/h7-12,14-17H,4-6,13,18-24H2,1-3H3/b11-9+. The van der Waals surface area contributed by atoms with Gasteiger partial charge in [-0.1, -0.05) is 67.8 Å². The first-order valence-corrected chi connectivity index (χ1v) is 13.2. The number of carbonyl (C=O) groups is 2. The molecule has 2 aromatic rings. The van der Waals surface area contributed by atoms with Gasteiger partial charge in [-0.25, -0.2) is 0 Å². The van der Waals surface area contributed by atoms with E-state index in [4.69, 9.17) is 4.74 Å². The number of unbranched alkanes of at least 4 members (excludes halogenated alkanes) is 2. The quantitative estimate of drug-likeness (QED) is 0.397. The minimum Gasteiger partial charge on any atom is -0.496 e. The molecule has 0 bridgehead atoms. The van der Waals surface area contributed by atoms with Crippen molar-refractivity contribution in [3.63, 3.8) is 0 Å². The minimum atomic E-state index is 0.0319. The van der Waals surface area contributed by atoms with Gasteiger partial charge in [0.1, 0.15) is 5.75 Å². The number of hydrogen-bond acceptors (Lipinski definition) is 4. The van der Waals surface area contributed by atoms with Crippen molar-refractivity contribution in [1.29, 1.82) is 0 Å². The number of nitrogens with zero attached hydrogens (tertiary/aromatic N) is 3. The number of benzene rings is 2. The predicted octanol–water partition coefficient (Wildman–Crippen LogP) is 4.88. The highest BCUT2D eigenvalue weighted by molar-refractivity contribution is 5.94. The molecule has 6 heteroatoms. The van der Waals surface area contributed by atoms with Crippen molar-refractivity contribution in [3.8, 4) is 5.75 Å². The SMILES string of the molecule is CCCCCC(=O)N1CCN(CCN(C/C=C/c2ccccc2OC)C(=O)c2ccc(C)cc2)CC1. The van der Waals surface area contributed by atoms with E-state index in [1.807, 2.05) is 77.4 Å². The molecule has 0 aromatic heterocycles. The average Bonchev–Trinajstić information content (AvgIpc) is 2.91. The fourth-order valence-electron chi connectivity index (χ4n) is 4.43. The summed E-state index contributed by atoms with van der Waals surface area (Å²) >= 11 is 0. The Morgan fingerprint density at radius 1 is 1.00 bits per heavy atom. The Labute approximate surface area is 216 Å². The molecule has 2 aromatic carbocycles. The molecule has 0 saturated carbocycles. The van der Waals surface area contributed by atoms with Crippen LogP contribution in [-0.4, -0.2) is 79.4 Å². The summed E-state index contributed by atoms with van der Waals surface area (Å²) in [5.74, 6) is 1.12. The molecule has 0 unspecified atom stereocenters. The largest absolute Gasteiger partial charge is 0.496 e. The summed E-state index contributed by atoms with van der Waals surface area (Å²) < 4.78 is 5.44. The molecule has 1 saturated heterocycles. The summed E-state index contributed by atoms with van der Waals surface area (Å²) in [6.07, 6.45) is 7.92. The number of amides is 2. The van der Waals surface area contributed by atoms with E-state index in [0.29, 0.717) is 25.1 Å². The van der Waals surface area contributed by atoms with Crippen molar-refractivity contribution < 1.29 is 14.3 Å². The summed E-state index contributed by atoms with van der Waals surface area (Å²) in [6, 6.07) is 15.6. The van der Waals surface area contributed by atoms with Gasteiger partial charge in [-0.05, 0) is 31.5 Å². The maximum atomic E-state index is 13.4. The predicted molar refractivity (Wildman–Crippen MR) is 146 cm³/mol. The second-order valence-electron chi connectivity index (χ2n) is 9.44. The van der Waals surface area contributed by atoms with Crippen LogP contribution in [0.5, 0.6) is 5.75 Å². The molecule has 0 radical (unpaired) electrons. The first-order chi connectivity index (χ1) is 17.5. The highest BCUT2D eigenvalue weighted by atomic mass is 16.5. The van der Waals surface area contributed by atoms with E-state index in [1.165, 1.54) is 0 Å². The molecule has 1 heterocycles. The van der Waals surface area contributed by atoms with E-state index in [2.05, 4.69) is 11.8 Å². The van der Waals surface area contributed by atoms with Gasteiger partial charge in [-0.3, -0.25) is 14.5 Å². The van der Waals surface area contributed by atoms with Gasteiger partial charge in [0.2, 0.25) is 5.91 Å². The van der Waals surface area contributed by atoms with E-state index in [9.17, 15) is 9.59 Å². The number of aryl methyl sites for hydroxylation is 1. The van der Waals surface area contributed by atoms with Crippen LogP contribution < -0.4 is 4.74 Å². The second kappa shape index (κ2) is 14.4. The van der Waals surface area contributed by atoms with Crippen LogP contribution in [-0.2, 0) is 4.79 Å². The number of para-hydroxylation sites is 1. The molecule has 194 valence electrons. The summed E-state index contributed by atoms with van der Waals surface area (Å²) in [5, 5.41) is 0. The molecule has 6 nitrogen and oxygen atoms in total. The Kier molecular flexibility index (Phi) is 11.0. The van der Waals surface area contributed by atoms with Crippen molar-refractivity contribution >= 4 is 17.9 Å². The van der Waals surface area contributed by atoms with Crippen LogP contribution in [0.1, 0.15) is 54.1 Å². The molecule has 1 fully saturated rings. The Bertz CT molecular complexity index is 995. The Morgan fingerprint density at radius 3 is 2.42 bits per heavy atom. The summed E-state index contributed by atoms with van der Waals surface area (Å²) in [5.41, 5.74) is 2.83. The van der Waals surface area contributed by atoms with E-state index in [0.717, 1.165) is 68.9 Å². The van der Waals surface area contributed by atoms with Crippen molar-refractivity contribution in [3.05, 3.63) is 71.3 Å². The molecule has 2 amide bonds. The molecule has 0 aliphatic carbocycles. The lowest BCUT2D eigenvalue weighted by Gasteiger charge is -2.36. The zero-order chi connectivity index (χ0) is 25.8. The van der Waals surface area contributed by atoms with Crippen LogP contribution in [0.15, 0.2) is 54.6 Å². The first-order valence-electron chi connectivity index (χ1n) is 13.2. The number of ether oxygens (including phenoxy) is 1. The molecule has 0 atom stereocenters. The highest BCUT2D eigenvalue weighted by Crippen LogP contribution is 2.19. The van der Waals surface area contributed by atoms with Crippen LogP contribution in [0.3, 0.4) is 0 Å². The van der Waals surface area contributed by atoms with Gasteiger partial charge < -0.3 is 14.5 Å². The molecule has 0 N–H and O–H groups in total. The van der Waals surface area contributed by atoms with Crippen molar-refractivity contribution in [2.75, 3.05) is 52.9 Å². The molecular formula is C30H41N3O3. The maximum absolute atomic E-state index is 13.4. The summed E-state index contributed by atoms with van der Waals surface area (Å²) in [6.45, 7) is 9.36. The van der Waals surface area contributed by atoms with E-state index in [1.54, 1.807) is 7.11 Å². The van der Waals surface area contributed by atoms with E-state index >= 15 is 0 Å². The number of carbonyl (C=O) groups excluding carboxylic acids is 2. The number of rotatable bonds is 12. The van der Waals surface area contributed by atoms with E-state index < -0.39 is 0 Å². The Hall–Kier alpha value is -3.12. The first kappa shape index (κ1) is 27.5. The van der Waals surface area contributed by atoms with Gasteiger partial charge in [0.25, 0.3) is 5.91 Å². The zero-order valence-corrected chi connectivity index (χ0v) is 22.1. The molecule has 3 rings (SSSR count). The van der Waals surface area contributed by atoms with Crippen LogP contribution in [0, 0.1) is 6.92 Å². The third kappa shape index (κ3) is 8.23. The molecule has 36 heavy (non-hydrogen) atoms. The van der Waals surface area contributed by atoms with E-state index in [-0.39, 0.29) is 11.8 Å². The van der Waals surface area contributed by atoms with Gasteiger partial charge in [0.15, 0.2) is 0 Å². The zero-order valence-electron chi connectivity index (χ0n) is 22.1. The lowest BCUT2D eigenvalue weighted by molar-refractivity contribution is -0.133. The van der Waals surface area contributed by atoms with Gasteiger partial charge >= 0.3 is 0 Å². The van der Waals surface area contributed by atoms with Crippen molar-refractivity contribution in [1.82, 2.24) is 14.7 Å². The molecular weight excluding hydrogens is 450 g/mol. The van der Waals surface area contributed by atoms with Gasteiger partial charge in [-0.15, -0.1) is 0 Å². The number of methoxy groups -OCH3 is 1. The average molecular weight is 492 g/mol. The monoisotopic (exact) mass is 491 g/mol. The molecule has 1 aliphatic rings. The topological polar surface area (TPSA) is 53.1 Å². The number of hydrogen-bond donors (Lipinski definition) is 0. The van der Waals surface area contributed by atoms with Crippen molar-refractivity contribution in [2.24, 2.45) is 0 Å². The Balaban J connectivity index is 1.59. The van der Waals surface area contributed by atoms with Crippen LogP contribution in [0.25, 0.3) is 6.08 Å². The summed E-state index contributed by atoms with van der Waals surface area (Å²) in [7, 11) is 1.67. The highest BCUT2D eigenvalue weighted by Gasteiger charge is 2.22. The fraction of sp³-hybridized carbons (Fsp3) is 0.467. The summed E-state index contributed by atoms with van der Waals surface area (Å²) in [4.78, 5) is 32.0. The van der Waals surface area contributed by atoms with Gasteiger partial charge in [0.05, 0.1) is 7.11 Å². The molecule has 0 spiro atoms. The van der Waals surface area contributed by atoms with Gasteiger partial charge in [0, 0.05) is 63.4 Å². The third-order valence-corrected chi connectivity index (χ3v) is 6.75. The lowest BCUT2D eigenvalue weighted by atomic mass is 10.1. The van der Waals surface area contributed by atoms with Crippen LogP contribution in [0.4, 0.5) is 0 Å². The van der Waals surface area contributed by atoms with Crippen LogP contribution in [0.2, 0.25) is 0 Å². The second-order valence-corrected chi connectivity index (χ2v) is 9.44. The van der Waals surface area contributed by atoms with Gasteiger partial charge in [-0.2, -0.15) is 0 Å². The smallest absolute Gasteiger partial charge is 0.254 e. The lowest BCUT2D eigenvalue weighted by Crippen LogP contribution is -2.50.